The largest absolute Gasteiger partial charge is 0.485 e. The van der Waals surface area contributed by atoms with Gasteiger partial charge in [-0.3, -0.25) is 4.79 Å². The van der Waals surface area contributed by atoms with Gasteiger partial charge in [0.05, 0.1) is 19.1 Å². The maximum absolute atomic E-state index is 14.2. The third-order valence-corrected chi connectivity index (χ3v) is 3.94. The van der Waals surface area contributed by atoms with E-state index in [1.54, 1.807) is 32.9 Å². The van der Waals surface area contributed by atoms with Gasteiger partial charge in [-0.1, -0.05) is 12.1 Å². The number of hydrogen-bond donors (Lipinski definition) is 1. The van der Waals surface area contributed by atoms with E-state index in [1.165, 1.54) is 11.8 Å². The van der Waals surface area contributed by atoms with Crippen LogP contribution in [-0.4, -0.2) is 47.9 Å². The number of ether oxygens (including phenoxy) is 2. The van der Waals surface area contributed by atoms with Crippen LogP contribution in [0.2, 0.25) is 0 Å². The van der Waals surface area contributed by atoms with E-state index in [0.717, 1.165) is 5.56 Å². The van der Waals surface area contributed by atoms with Gasteiger partial charge in [0.25, 0.3) is 0 Å². The summed E-state index contributed by atoms with van der Waals surface area (Å²) in [4.78, 5) is 24.5. The van der Waals surface area contributed by atoms with Gasteiger partial charge < -0.3 is 19.7 Å². The van der Waals surface area contributed by atoms with E-state index in [0.29, 0.717) is 5.75 Å². The molecule has 0 saturated carbocycles. The van der Waals surface area contributed by atoms with Gasteiger partial charge in [0.1, 0.15) is 17.5 Å². The number of nitrogens with zero attached hydrogens (tertiary/aromatic N) is 1. The molecule has 0 aromatic heterocycles. The van der Waals surface area contributed by atoms with Gasteiger partial charge in [0, 0.05) is 6.92 Å². The summed E-state index contributed by atoms with van der Waals surface area (Å²) in [5.41, 5.74) is 0.300. The Morgan fingerprint density at radius 3 is 2.38 bits per heavy atom. The number of carbonyl (C=O) groups is 2. The standard InChI is InChI=1S/C19H27FN2O4/c1-12(21-13(2)23)14-6-8-15(9-7-14)25-17-11-22(10-16(17)20)18(24)26-19(3,4)5/h6-9,12,16-17H,10-11H2,1-5H3,(H,21,23)/t12-,16-,17+/m0/s1. The summed E-state index contributed by atoms with van der Waals surface area (Å²) in [6.07, 6.45) is -2.55. The summed E-state index contributed by atoms with van der Waals surface area (Å²) in [5.74, 6) is 0.411. The molecule has 3 atom stereocenters. The van der Waals surface area contributed by atoms with E-state index in [1.807, 2.05) is 19.1 Å². The highest BCUT2D eigenvalue weighted by atomic mass is 19.1. The zero-order valence-electron chi connectivity index (χ0n) is 15.9. The first-order valence-electron chi connectivity index (χ1n) is 8.71. The van der Waals surface area contributed by atoms with Gasteiger partial charge in [-0.05, 0) is 45.4 Å². The predicted octanol–water partition coefficient (Wildman–Crippen LogP) is 3.22. The van der Waals surface area contributed by atoms with Crippen molar-refractivity contribution < 1.29 is 23.5 Å². The molecule has 0 spiro atoms. The van der Waals surface area contributed by atoms with E-state index in [4.69, 9.17) is 9.47 Å². The van der Waals surface area contributed by atoms with E-state index >= 15 is 0 Å². The molecule has 1 aromatic carbocycles. The first-order valence-corrected chi connectivity index (χ1v) is 8.71. The molecule has 1 N–H and O–H groups in total. The number of hydrogen-bond acceptors (Lipinski definition) is 4. The normalized spacial score (nSPS) is 21.2. The minimum Gasteiger partial charge on any atom is -0.485 e. The third-order valence-electron chi connectivity index (χ3n) is 3.94. The third kappa shape index (κ3) is 5.61. The lowest BCUT2D eigenvalue weighted by Gasteiger charge is -2.24. The Balaban J connectivity index is 1.94. The van der Waals surface area contributed by atoms with E-state index in [9.17, 15) is 14.0 Å². The molecule has 26 heavy (non-hydrogen) atoms. The number of amides is 2. The molecule has 0 radical (unpaired) electrons. The van der Waals surface area contributed by atoms with Crippen LogP contribution < -0.4 is 10.1 Å². The molecule has 1 fully saturated rings. The number of halogens is 1. The first-order chi connectivity index (χ1) is 12.0. The molecular weight excluding hydrogens is 339 g/mol. The molecule has 1 aromatic rings. The molecule has 2 rings (SSSR count). The fourth-order valence-electron chi connectivity index (χ4n) is 2.72. The Bertz CT molecular complexity index is 642. The van der Waals surface area contributed by atoms with Crippen molar-refractivity contribution in [3.05, 3.63) is 29.8 Å². The van der Waals surface area contributed by atoms with Crippen LogP contribution in [0, 0.1) is 0 Å². The molecular formula is C19H27FN2O4. The Hall–Kier alpha value is -2.31. The molecule has 144 valence electrons. The van der Waals surface area contributed by atoms with Crippen LogP contribution in [0.5, 0.6) is 5.75 Å². The van der Waals surface area contributed by atoms with E-state index in [-0.39, 0.29) is 25.0 Å². The number of alkyl halides is 1. The lowest BCUT2D eigenvalue weighted by molar-refractivity contribution is -0.119. The Morgan fingerprint density at radius 1 is 1.23 bits per heavy atom. The van der Waals surface area contributed by atoms with Crippen molar-refractivity contribution in [1.29, 1.82) is 0 Å². The van der Waals surface area contributed by atoms with Crippen LogP contribution in [0.1, 0.15) is 46.2 Å². The molecule has 1 heterocycles. The smallest absolute Gasteiger partial charge is 0.410 e. The van der Waals surface area contributed by atoms with Crippen LogP contribution in [0.4, 0.5) is 9.18 Å². The van der Waals surface area contributed by atoms with Crippen LogP contribution in [0.3, 0.4) is 0 Å². The van der Waals surface area contributed by atoms with Crippen LogP contribution in [-0.2, 0) is 9.53 Å². The lowest BCUT2D eigenvalue weighted by atomic mass is 10.1. The average Bonchev–Trinajstić information content (AvgIpc) is 2.87. The summed E-state index contributed by atoms with van der Waals surface area (Å²) in [6.45, 7) is 8.75. The fraction of sp³-hybridized carbons (Fsp3) is 0.579. The average molecular weight is 366 g/mol. The topological polar surface area (TPSA) is 67.9 Å². The highest BCUT2D eigenvalue weighted by molar-refractivity contribution is 5.73. The van der Waals surface area contributed by atoms with Crippen molar-refractivity contribution in [3.63, 3.8) is 0 Å². The highest BCUT2D eigenvalue weighted by Gasteiger charge is 2.38. The Kier molecular flexibility index (Phi) is 6.10. The molecule has 6 nitrogen and oxygen atoms in total. The molecule has 2 amide bonds. The van der Waals surface area contributed by atoms with Crippen LogP contribution in [0.25, 0.3) is 0 Å². The minimum absolute atomic E-state index is 0.0444. The highest BCUT2D eigenvalue weighted by Crippen LogP contribution is 2.24. The maximum atomic E-state index is 14.2. The second-order valence-electron chi connectivity index (χ2n) is 7.55. The van der Waals surface area contributed by atoms with Crippen molar-refractivity contribution in [2.45, 2.75) is 58.5 Å². The SMILES string of the molecule is CC(=O)N[C@@H](C)c1ccc(O[C@@H]2CN(C(=O)OC(C)(C)C)C[C@@H]2F)cc1. The molecule has 0 aliphatic carbocycles. The minimum atomic E-state index is -1.28. The summed E-state index contributed by atoms with van der Waals surface area (Å²) in [7, 11) is 0. The number of likely N-dealkylation sites (tertiary alicyclic amines) is 1. The summed E-state index contributed by atoms with van der Waals surface area (Å²) in [6, 6.07) is 6.99. The predicted molar refractivity (Wildman–Crippen MR) is 95.8 cm³/mol. The van der Waals surface area contributed by atoms with Crippen molar-refractivity contribution in [2.75, 3.05) is 13.1 Å². The zero-order chi connectivity index (χ0) is 19.5. The summed E-state index contributed by atoms with van der Waals surface area (Å²) in [5, 5.41) is 2.80. The molecule has 7 heteroatoms. The molecule has 1 saturated heterocycles. The van der Waals surface area contributed by atoms with Crippen LogP contribution in [0.15, 0.2) is 24.3 Å². The second kappa shape index (κ2) is 7.93. The van der Waals surface area contributed by atoms with Gasteiger partial charge in [-0.15, -0.1) is 0 Å². The lowest BCUT2D eigenvalue weighted by Crippen LogP contribution is -2.36. The van der Waals surface area contributed by atoms with E-state index < -0.39 is 24.0 Å². The van der Waals surface area contributed by atoms with Crippen molar-refractivity contribution >= 4 is 12.0 Å². The Labute approximate surface area is 153 Å². The fourth-order valence-corrected chi connectivity index (χ4v) is 2.72. The molecule has 0 unspecified atom stereocenters. The number of nitrogens with one attached hydrogen (secondary N) is 1. The number of rotatable bonds is 4. The van der Waals surface area contributed by atoms with Gasteiger partial charge in [-0.25, -0.2) is 9.18 Å². The van der Waals surface area contributed by atoms with Crippen LogP contribution >= 0.6 is 0 Å². The maximum Gasteiger partial charge on any atom is 0.410 e. The van der Waals surface area contributed by atoms with E-state index in [2.05, 4.69) is 5.32 Å². The molecule has 1 aliphatic heterocycles. The second-order valence-corrected chi connectivity index (χ2v) is 7.55. The van der Waals surface area contributed by atoms with Gasteiger partial charge in [0.2, 0.25) is 5.91 Å². The van der Waals surface area contributed by atoms with Crippen molar-refractivity contribution in [3.8, 4) is 5.75 Å². The summed E-state index contributed by atoms with van der Waals surface area (Å²) >= 11 is 0. The molecule has 0 bridgehead atoms. The van der Waals surface area contributed by atoms with Crippen molar-refractivity contribution in [1.82, 2.24) is 10.2 Å². The monoisotopic (exact) mass is 366 g/mol. The van der Waals surface area contributed by atoms with Gasteiger partial charge in [0.15, 0.2) is 6.17 Å². The number of benzene rings is 1. The van der Waals surface area contributed by atoms with Gasteiger partial charge >= 0.3 is 6.09 Å². The Morgan fingerprint density at radius 2 is 1.85 bits per heavy atom. The zero-order valence-corrected chi connectivity index (χ0v) is 15.9. The van der Waals surface area contributed by atoms with Crippen molar-refractivity contribution in [2.24, 2.45) is 0 Å². The quantitative estimate of drug-likeness (QED) is 0.888. The molecule has 1 aliphatic rings. The summed E-state index contributed by atoms with van der Waals surface area (Å²) < 4.78 is 25.2. The number of carbonyl (C=O) groups excluding carboxylic acids is 2. The first kappa shape index (κ1) is 20.0. The van der Waals surface area contributed by atoms with Gasteiger partial charge in [-0.2, -0.15) is 0 Å².